The maximum absolute atomic E-state index is 11.4. The monoisotopic (exact) mass is 323 g/mol. The molecule has 120 valence electrons. The number of hydrogen-bond acceptors (Lipinski definition) is 4. The summed E-state index contributed by atoms with van der Waals surface area (Å²) in [5.74, 6) is 0.707. The highest BCUT2D eigenvalue weighted by Crippen LogP contribution is 2.18. The molecule has 0 bridgehead atoms. The Kier molecular flexibility index (Phi) is 5.37. The number of aromatic amines is 1. The summed E-state index contributed by atoms with van der Waals surface area (Å²) >= 11 is 6.15. The highest BCUT2D eigenvalue weighted by molar-refractivity contribution is 6.31. The standard InChI is InChI=1S/C15H22ClN5O/c1-9-7-14(22)19-13(18-9)5-6-17-10(2)8-21-12(4)15(16)11(3)20-21/h7,10,17H,5-6,8H2,1-4H3,(H,18,19,22). The smallest absolute Gasteiger partial charge is 0.251 e. The fourth-order valence-electron chi connectivity index (χ4n) is 2.37. The summed E-state index contributed by atoms with van der Waals surface area (Å²) in [4.78, 5) is 18.4. The molecule has 2 aromatic rings. The van der Waals surface area contributed by atoms with Gasteiger partial charge in [0.25, 0.3) is 5.56 Å². The molecule has 0 radical (unpaired) electrons. The molecule has 6 nitrogen and oxygen atoms in total. The lowest BCUT2D eigenvalue weighted by molar-refractivity contribution is 0.445. The molecule has 0 aliphatic heterocycles. The second-order valence-corrected chi connectivity index (χ2v) is 5.98. The fraction of sp³-hybridized carbons (Fsp3) is 0.533. The highest BCUT2D eigenvalue weighted by Gasteiger charge is 2.11. The quantitative estimate of drug-likeness (QED) is 0.849. The number of aryl methyl sites for hydroxylation is 2. The maximum Gasteiger partial charge on any atom is 0.251 e. The number of nitrogens with zero attached hydrogens (tertiary/aromatic N) is 3. The van der Waals surface area contributed by atoms with Crippen molar-refractivity contribution in [1.82, 2.24) is 25.1 Å². The second-order valence-electron chi connectivity index (χ2n) is 5.61. The van der Waals surface area contributed by atoms with Gasteiger partial charge < -0.3 is 10.3 Å². The van der Waals surface area contributed by atoms with Crippen LogP contribution in [0.4, 0.5) is 0 Å². The number of hydrogen-bond donors (Lipinski definition) is 2. The maximum atomic E-state index is 11.4. The van der Waals surface area contributed by atoms with Crippen LogP contribution in [0.25, 0.3) is 0 Å². The summed E-state index contributed by atoms with van der Waals surface area (Å²) < 4.78 is 1.92. The van der Waals surface area contributed by atoms with Crippen LogP contribution in [-0.2, 0) is 13.0 Å². The van der Waals surface area contributed by atoms with Crippen molar-refractivity contribution < 1.29 is 0 Å². The SMILES string of the molecule is Cc1cc(=O)[nH]c(CCNC(C)Cn2nc(C)c(Cl)c2C)n1. The van der Waals surface area contributed by atoms with Gasteiger partial charge >= 0.3 is 0 Å². The van der Waals surface area contributed by atoms with Gasteiger partial charge in [0.1, 0.15) is 5.82 Å². The molecule has 0 aliphatic rings. The predicted octanol–water partition coefficient (Wildman–Crippen LogP) is 1.77. The molecule has 7 heteroatoms. The third-order valence-electron chi connectivity index (χ3n) is 3.51. The third-order valence-corrected chi connectivity index (χ3v) is 4.06. The molecule has 1 atom stereocenters. The minimum absolute atomic E-state index is 0.104. The van der Waals surface area contributed by atoms with Gasteiger partial charge in [0.2, 0.25) is 0 Å². The van der Waals surface area contributed by atoms with Crippen molar-refractivity contribution in [3.05, 3.63) is 44.3 Å². The van der Waals surface area contributed by atoms with Crippen LogP contribution in [0.15, 0.2) is 10.9 Å². The summed E-state index contributed by atoms with van der Waals surface area (Å²) in [5, 5.41) is 8.56. The zero-order chi connectivity index (χ0) is 16.3. The van der Waals surface area contributed by atoms with Crippen molar-refractivity contribution in [2.45, 2.75) is 46.7 Å². The zero-order valence-electron chi connectivity index (χ0n) is 13.4. The molecular formula is C15H22ClN5O. The first-order chi connectivity index (χ1) is 10.4. The van der Waals surface area contributed by atoms with Gasteiger partial charge in [-0.05, 0) is 27.7 Å². The predicted molar refractivity (Wildman–Crippen MR) is 87.5 cm³/mol. The molecular weight excluding hydrogens is 302 g/mol. The van der Waals surface area contributed by atoms with E-state index in [1.165, 1.54) is 6.07 Å². The Labute approximate surface area is 134 Å². The van der Waals surface area contributed by atoms with Gasteiger partial charge in [-0.2, -0.15) is 5.10 Å². The molecule has 2 N–H and O–H groups in total. The molecule has 0 aromatic carbocycles. The topological polar surface area (TPSA) is 75.6 Å². The molecule has 0 amide bonds. The van der Waals surface area contributed by atoms with Crippen molar-refractivity contribution in [1.29, 1.82) is 0 Å². The largest absolute Gasteiger partial charge is 0.312 e. The molecule has 0 spiro atoms. The second kappa shape index (κ2) is 7.07. The molecule has 0 aliphatic carbocycles. The van der Waals surface area contributed by atoms with E-state index in [0.717, 1.165) is 35.2 Å². The first-order valence-corrected chi connectivity index (χ1v) is 7.74. The highest BCUT2D eigenvalue weighted by atomic mass is 35.5. The lowest BCUT2D eigenvalue weighted by atomic mass is 10.3. The summed E-state index contributed by atoms with van der Waals surface area (Å²) in [7, 11) is 0. The van der Waals surface area contributed by atoms with E-state index < -0.39 is 0 Å². The van der Waals surface area contributed by atoms with Gasteiger partial charge in [-0.15, -0.1) is 0 Å². The Morgan fingerprint density at radius 1 is 1.41 bits per heavy atom. The first-order valence-electron chi connectivity index (χ1n) is 7.36. The van der Waals surface area contributed by atoms with Gasteiger partial charge in [-0.1, -0.05) is 11.6 Å². The molecule has 2 heterocycles. The van der Waals surface area contributed by atoms with E-state index in [4.69, 9.17) is 11.6 Å². The number of nitrogens with one attached hydrogen (secondary N) is 2. The van der Waals surface area contributed by atoms with Crippen molar-refractivity contribution >= 4 is 11.6 Å². The minimum Gasteiger partial charge on any atom is -0.312 e. The lowest BCUT2D eigenvalue weighted by Crippen LogP contribution is -2.33. The normalized spacial score (nSPS) is 12.6. The summed E-state index contributed by atoms with van der Waals surface area (Å²) in [6.07, 6.45) is 0.680. The van der Waals surface area contributed by atoms with Crippen LogP contribution in [-0.4, -0.2) is 32.3 Å². The van der Waals surface area contributed by atoms with E-state index in [1.807, 2.05) is 25.5 Å². The first kappa shape index (κ1) is 16.7. The van der Waals surface area contributed by atoms with E-state index >= 15 is 0 Å². The fourth-order valence-corrected chi connectivity index (χ4v) is 2.51. The molecule has 22 heavy (non-hydrogen) atoms. The van der Waals surface area contributed by atoms with Crippen LogP contribution < -0.4 is 10.9 Å². The summed E-state index contributed by atoms with van der Waals surface area (Å²) in [6.45, 7) is 9.27. The van der Waals surface area contributed by atoms with Gasteiger partial charge in [0.05, 0.1) is 23.0 Å². The van der Waals surface area contributed by atoms with Crippen molar-refractivity contribution in [3.63, 3.8) is 0 Å². The Balaban J connectivity index is 1.86. The van der Waals surface area contributed by atoms with Crippen molar-refractivity contribution in [3.8, 4) is 0 Å². The third kappa shape index (κ3) is 4.18. The average molecular weight is 324 g/mol. The lowest BCUT2D eigenvalue weighted by Gasteiger charge is -2.14. The van der Waals surface area contributed by atoms with Gasteiger partial charge in [0.15, 0.2) is 0 Å². The van der Waals surface area contributed by atoms with Crippen LogP contribution in [0.2, 0.25) is 5.02 Å². The van der Waals surface area contributed by atoms with Gasteiger partial charge in [-0.25, -0.2) is 4.98 Å². The summed E-state index contributed by atoms with van der Waals surface area (Å²) in [5.41, 5.74) is 2.47. The van der Waals surface area contributed by atoms with E-state index in [-0.39, 0.29) is 11.6 Å². The zero-order valence-corrected chi connectivity index (χ0v) is 14.2. The van der Waals surface area contributed by atoms with Crippen LogP contribution in [0.3, 0.4) is 0 Å². The van der Waals surface area contributed by atoms with Crippen LogP contribution >= 0.6 is 11.6 Å². The Morgan fingerprint density at radius 2 is 2.14 bits per heavy atom. The number of rotatable bonds is 6. The van der Waals surface area contributed by atoms with Gasteiger partial charge in [-0.3, -0.25) is 9.48 Å². The van der Waals surface area contributed by atoms with Crippen LogP contribution in [0.5, 0.6) is 0 Å². The Hall–Kier alpha value is -1.66. The van der Waals surface area contributed by atoms with Gasteiger partial charge in [0, 0.05) is 30.8 Å². The van der Waals surface area contributed by atoms with Crippen molar-refractivity contribution in [2.75, 3.05) is 6.54 Å². The van der Waals surface area contributed by atoms with E-state index in [0.29, 0.717) is 12.2 Å². The van der Waals surface area contributed by atoms with Crippen molar-refractivity contribution in [2.24, 2.45) is 0 Å². The molecule has 1 unspecified atom stereocenters. The van der Waals surface area contributed by atoms with E-state index in [9.17, 15) is 4.79 Å². The molecule has 0 fully saturated rings. The number of aromatic nitrogens is 4. The number of H-pyrrole nitrogens is 1. The van der Waals surface area contributed by atoms with E-state index in [2.05, 4.69) is 27.3 Å². The Bertz CT molecular complexity index is 706. The molecule has 0 saturated heterocycles. The van der Waals surface area contributed by atoms with E-state index in [1.54, 1.807) is 0 Å². The number of halogens is 1. The molecule has 0 saturated carbocycles. The Morgan fingerprint density at radius 3 is 2.73 bits per heavy atom. The molecule has 2 aromatic heterocycles. The molecule has 2 rings (SSSR count). The average Bonchev–Trinajstić information content (AvgIpc) is 2.65. The van der Waals surface area contributed by atoms with Crippen LogP contribution in [0, 0.1) is 20.8 Å². The van der Waals surface area contributed by atoms with Crippen LogP contribution in [0.1, 0.15) is 29.8 Å². The minimum atomic E-state index is -0.104. The summed E-state index contributed by atoms with van der Waals surface area (Å²) in [6, 6.07) is 1.73.